The van der Waals surface area contributed by atoms with Gasteiger partial charge in [0.2, 0.25) is 11.8 Å². The van der Waals surface area contributed by atoms with Crippen LogP contribution in [0.4, 0.5) is 14.9 Å². The van der Waals surface area contributed by atoms with E-state index in [9.17, 15) is 29.0 Å². The van der Waals surface area contributed by atoms with Crippen molar-refractivity contribution >= 4 is 23.5 Å². The zero-order chi connectivity index (χ0) is 20.1. The molecule has 4 unspecified atom stereocenters. The van der Waals surface area contributed by atoms with Gasteiger partial charge < -0.3 is 31.9 Å². The Morgan fingerprint density at radius 2 is 2.00 bits per heavy atom. The van der Waals surface area contributed by atoms with Crippen molar-refractivity contribution in [3.05, 3.63) is 41.7 Å². The van der Waals surface area contributed by atoms with Crippen LogP contribution in [-0.4, -0.2) is 52.4 Å². The second-order valence-corrected chi connectivity index (χ2v) is 6.19. The Labute approximate surface area is 154 Å². The van der Waals surface area contributed by atoms with Gasteiger partial charge in [0.15, 0.2) is 0 Å². The summed E-state index contributed by atoms with van der Waals surface area (Å²) in [5, 5.41) is 27.2. The SMILES string of the molecule is CC(NC(=O)C1=CC(NC(=O)Nc2cccc(F)c2)C(O)C(O)C1)C(N)=O. The molecule has 1 aliphatic carbocycles. The van der Waals surface area contributed by atoms with E-state index < -0.39 is 48.0 Å². The largest absolute Gasteiger partial charge is 0.390 e. The Morgan fingerprint density at radius 3 is 2.63 bits per heavy atom. The van der Waals surface area contributed by atoms with Crippen molar-refractivity contribution in [2.24, 2.45) is 5.73 Å². The fourth-order valence-electron chi connectivity index (χ4n) is 2.51. The van der Waals surface area contributed by atoms with Crippen molar-refractivity contribution in [1.29, 1.82) is 0 Å². The van der Waals surface area contributed by atoms with Crippen LogP contribution in [0.5, 0.6) is 0 Å². The summed E-state index contributed by atoms with van der Waals surface area (Å²) >= 11 is 0. The quantitative estimate of drug-likeness (QED) is 0.401. The van der Waals surface area contributed by atoms with Gasteiger partial charge in [-0.3, -0.25) is 9.59 Å². The molecule has 0 spiro atoms. The standard InChI is InChI=1S/C17H21FN4O5/c1-8(15(19)25)20-16(26)9-5-12(14(24)13(23)6-9)22-17(27)21-11-4-2-3-10(18)7-11/h2-5,7-8,12-14,23-24H,6H2,1H3,(H2,19,25)(H,20,26)(H2,21,22,27). The Kier molecular flexibility index (Phi) is 6.48. The van der Waals surface area contributed by atoms with Gasteiger partial charge in [0.05, 0.1) is 12.1 Å². The van der Waals surface area contributed by atoms with Crippen LogP contribution in [-0.2, 0) is 9.59 Å². The van der Waals surface area contributed by atoms with Gasteiger partial charge in [-0.1, -0.05) is 12.1 Å². The summed E-state index contributed by atoms with van der Waals surface area (Å²) in [6, 6.07) is 2.43. The molecule has 0 radical (unpaired) electrons. The first kappa shape index (κ1) is 20.3. The third kappa shape index (κ3) is 5.50. The summed E-state index contributed by atoms with van der Waals surface area (Å²) < 4.78 is 13.2. The van der Waals surface area contributed by atoms with Crippen LogP contribution in [0.1, 0.15) is 13.3 Å². The van der Waals surface area contributed by atoms with Gasteiger partial charge in [-0.25, -0.2) is 9.18 Å². The number of halogens is 1. The second-order valence-electron chi connectivity index (χ2n) is 6.19. The molecule has 9 nitrogen and oxygen atoms in total. The summed E-state index contributed by atoms with van der Waals surface area (Å²) in [6.45, 7) is 1.40. The molecular formula is C17H21FN4O5. The third-order valence-electron chi connectivity index (χ3n) is 4.02. The van der Waals surface area contributed by atoms with E-state index in [-0.39, 0.29) is 17.7 Å². The number of anilines is 1. The minimum Gasteiger partial charge on any atom is -0.390 e. The van der Waals surface area contributed by atoms with Crippen LogP contribution in [0.2, 0.25) is 0 Å². The van der Waals surface area contributed by atoms with Gasteiger partial charge in [0.25, 0.3) is 0 Å². The van der Waals surface area contributed by atoms with E-state index in [1.54, 1.807) is 0 Å². The summed E-state index contributed by atoms with van der Waals surface area (Å²) in [5.41, 5.74) is 5.36. The molecule has 4 amide bonds. The first-order valence-corrected chi connectivity index (χ1v) is 8.17. The molecule has 0 fully saturated rings. The number of rotatable bonds is 5. The maximum absolute atomic E-state index is 13.2. The van der Waals surface area contributed by atoms with E-state index >= 15 is 0 Å². The molecule has 0 aromatic heterocycles. The number of aliphatic hydroxyl groups excluding tert-OH is 2. The number of benzene rings is 1. The summed E-state index contributed by atoms with van der Waals surface area (Å²) in [6.07, 6.45) is -1.54. The fraction of sp³-hybridized carbons (Fsp3) is 0.353. The summed E-state index contributed by atoms with van der Waals surface area (Å²) in [7, 11) is 0. The number of aliphatic hydroxyl groups is 2. The fourth-order valence-corrected chi connectivity index (χ4v) is 2.51. The highest BCUT2D eigenvalue weighted by Gasteiger charge is 2.34. The predicted octanol–water partition coefficient (Wildman–Crippen LogP) is -0.642. The van der Waals surface area contributed by atoms with Crippen molar-refractivity contribution in [2.75, 3.05) is 5.32 Å². The van der Waals surface area contributed by atoms with Gasteiger partial charge in [-0.05, 0) is 25.1 Å². The van der Waals surface area contributed by atoms with Crippen LogP contribution in [0.15, 0.2) is 35.9 Å². The third-order valence-corrected chi connectivity index (χ3v) is 4.02. The van der Waals surface area contributed by atoms with E-state index in [0.29, 0.717) is 0 Å². The molecule has 1 aromatic rings. The molecule has 1 aromatic carbocycles. The average molecular weight is 380 g/mol. The highest BCUT2D eigenvalue weighted by atomic mass is 19.1. The maximum Gasteiger partial charge on any atom is 0.319 e. The van der Waals surface area contributed by atoms with Crippen molar-refractivity contribution in [3.8, 4) is 0 Å². The Balaban J connectivity index is 2.07. The highest BCUT2D eigenvalue weighted by Crippen LogP contribution is 2.20. The van der Waals surface area contributed by atoms with Crippen LogP contribution in [0.3, 0.4) is 0 Å². The monoisotopic (exact) mass is 380 g/mol. The van der Waals surface area contributed by atoms with E-state index in [1.165, 1.54) is 31.2 Å². The number of primary amides is 1. The lowest BCUT2D eigenvalue weighted by Gasteiger charge is -2.31. The first-order valence-electron chi connectivity index (χ1n) is 8.17. The Bertz CT molecular complexity index is 769. The molecule has 2 rings (SSSR count). The van der Waals surface area contributed by atoms with Crippen LogP contribution < -0.4 is 21.7 Å². The molecule has 27 heavy (non-hydrogen) atoms. The van der Waals surface area contributed by atoms with Gasteiger partial charge in [0, 0.05) is 17.7 Å². The van der Waals surface area contributed by atoms with E-state index in [4.69, 9.17) is 5.73 Å². The number of hydrogen-bond donors (Lipinski definition) is 6. The van der Waals surface area contributed by atoms with Gasteiger partial charge in [-0.2, -0.15) is 0 Å². The first-order chi connectivity index (χ1) is 12.7. The predicted molar refractivity (Wildman–Crippen MR) is 93.9 cm³/mol. The highest BCUT2D eigenvalue weighted by molar-refractivity contribution is 5.97. The number of carbonyl (C=O) groups is 3. The molecule has 1 aliphatic rings. The van der Waals surface area contributed by atoms with E-state index in [2.05, 4.69) is 16.0 Å². The van der Waals surface area contributed by atoms with E-state index in [1.807, 2.05) is 0 Å². The summed E-state index contributed by atoms with van der Waals surface area (Å²) in [5.74, 6) is -1.92. The minimum absolute atomic E-state index is 0.0805. The molecular weight excluding hydrogens is 359 g/mol. The van der Waals surface area contributed by atoms with Crippen molar-refractivity contribution in [2.45, 2.75) is 37.6 Å². The molecule has 0 aliphatic heterocycles. The Hall–Kier alpha value is -2.98. The number of hydrogen-bond acceptors (Lipinski definition) is 5. The number of urea groups is 1. The number of carbonyl (C=O) groups excluding carboxylic acids is 3. The average Bonchev–Trinajstić information content (AvgIpc) is 2.58. The van der Waals surface area contributed by atoms with Gasteiger partial charge in [0.1, 0.15) is 18.0 Å². The van der Waals surface area contributed by atoms with Crippen molar-refractivity contribution in [1.82, 2.24) is 10.6 Å². The van der Waals surface area contributed by atoms with Crippen LogP contribution >= 0.6 is 0 Å². The molecule has 0 bridgehead atoms. The maximum atomic E-state index is 13.2. The molecule has 0 saturated heterocycles. The van der Waals surface area contributed by atoms with Gasteiger partial charge >= 0.3 is 6.03 Å². The molecule has 7 N–H and O–H groups in total. The van der Waals surface area contributed by atoms with Crippen molar-refractivity contribution in [3.63, 3.8) is 0 Å². The lowest BCUT2D eigenvalue weighted by atomic mass is 9.90. The number of nitrogens with two attached hydrogens (primary N) is 1. The second kappa shape index (κ2) is 8.60. The van der Waals surface area contributed by atoms with Crippen molar-refractivity contribution < 1.29 is 29.0 Å². The number of amides is 4. The number of nitrogens with one attached hydrogen (secondary N) is 3. The minimum atomic E-state index is -1.35. The topological polar surface area (TPSA) is 154 Å². The lowest BCUT2D eigenvalue weighted by Crippen LogP contribution is -2.52. The summed E-state index contributed by atoms with van der Waals surface area (Å²) in [4.78, 5) is 35.3. The molecule has 146 valence electrons. The smallest absolute Gasteiger partial charge is 0.319 e. The Morgan fingerprint density at radius 1 is 1.30 bits per heavy atom. The lowest BCUT2D eigenvalue weighted by molar-refractivity contribution is -0.125. The van der Waals surface area contributed by atoms with E-state index in [0.717, 1.165) is 6.07 Å². The molecule has 0 saturated carbocycles. The zero-order valence-corrected chi connectivity index (χ0v) is 14.5. The van der Waals surface area contributed by atoms with Crippen LogP contribution in [0.25, 0.3) is 0 Å². The zero-order valence-electron chi connectivity index (χ0n) is 14.5. The normalized spacial score (nSPS) is 23.0. The molecule has 0 heterocycles. The molecule has 4 atom stereocenters. The molecule has 10 heteroatoms. The van der Waals surface area contributed by atoms with Gasteiger partial charge in [-0.15, -0.1) is 0 Å². The van der Waals surface area contributed by atoms with Crippen LogP contribution in [0, 0.1) is 5.82 Å².